The SMILES string of the molecule is O=c1c(NC2CCCOC2)nccn1C1CC1. The fourth-order valence-corrected chi connectivity index (χ4v) is 2.21. The van der Waals surface area contributed by atoms with Gasteiger partial charge in [-0.15, -0.1) is 0 Å². The molecular formula is C12H17N3O2. The van der Waals surface area contributed by atoms with Crippen molar-refractivity contribution in [1.29, 1.82) is 0 Å². The molecule has 0 bridgehead atoms. The van der Waals surface area contributed by atoms with Crippen molar-refractivity contribution in [2.24, 2.45) is 0 Å². The number of nitrogens with zero attached hydrogens (tertiary/aromatic N) is 2. The van der Waals surface area contributed by atoms with Crippen LogP contribution in [0.3, 0.4) is 0 Å². The first-order chi connectivity index (χ1) is 8.34. The molecule has 0 amide bonds. The van der Waals surface area contributed by atoms with Gasteiger partial charge in [0.25, 0.3) is 5.56 Å². The Hall–Kier alpha value is -1.36. The molecule has 92 valence electrons. The summed E-state index contributed by atoms with van der Waals surface area (Å²) in [6.07, 6.45) is 7.78. The minimum atomic E-state index is 0.000531. The second kappa shape index (κ2) is 4.49. The second-order valence-corrected chi connectivity index (χ2v) is 4.78. The van der Waals surface area contributed by atoms with Gasteiger partial charge in [-0.2, -0.15) is 0 Å². The van der Waals surface area contributed by atoms with E-state index < -0.39 is 0 Å². The van der Waals surface area contributed by atoms with E-state index in [0.29, 0.717) is 18.5 Å². The Kier molecular flexibility index (Phi) is 2.84. The lowest BCUT2D eigenvalue weighted by Gasteiger charge is -2.23. The number of rotatable bonds is 3. The van der Waals surface area contributed by atoms with Crippen LogP contribution in [0.4, 0.5) is 5.82 Å². The van der Waals surface area contributed by atoms with Crippen molar-refractivity contribution in [2.45, 2.75) is 37.8 Å². The Balaban J connectivity index is 1.77. The Labute approximate surface area is 99.8 Å². The Bertz CT molecular complexity index is 447. The van der Waals surface area contributed by atoms with Gasteiger partial charge in [0, 0.05) is 25.0 Å². The summed E-state index contributed by atoms with van der Waals surface area (Å²) in [5, 5.41) is 3.20. The second-order valence-electron chi connectivity index (χ2n) is 4.78. The van der Waals surface area contributed by atoms with Gasteiger partial charge in [-0.25, -0.2) is 4.98 Å². The quantitative estimate of drug-likeness (QED) is 0.854. The number of nitrogens with one attached hydrogen (secondary N) is 1. The fourth-order valence-electron chi connectivity index (χ4n) is 2.21. The molecule has 1 aromatic heterocycles. The van der Waals surface area contributed by atoms with Crippen LogP contribution in [0.5, 0.6) is 0 Å². The van der Waals surface area contributed by atoms with Crippen molar-refractivity contribution < 1.29 is 4.74 Å². The highest BCUT2D eigenvalue weighted by Crippen LogP contribution is 2.33. The van der Waals surface area contributed by atoms with Crippen LogP contribution in [0.1, 0.15) is 31.7 Å². The van der Waals surface area contributed by atoms with E-state index in [9.17, 15) is 4.79 Å². The van der Waals surface area contributed by atoms with Gasteiger partial charge in [-0.3, -0.25) is 4.79 Å². The number of hydrogen-bond acceptors (Lipinski definition) is 4. The lowest BCUT2D eigenvalue weighted by molar-refractivity contribution is 0.0874. The maximum atomic E-state index is 12.1. The van der Waals surface area contributed by atoms with Gasteiger partial charge in [0.1, 0.15) is 0 Å². The first-order valence-electron chi connectivity index (χ1n) is 6.26. The topological polar surface area (TPSA) is 56.1 Å². The van der Waals surface area contributed by atoms with E-state index in [-0.39, 0.29) is 11.6 Å². The highest BCUT2D eigenvalue weighted by Gasteiger charge is 2.25. The molecule has 1 unspecified atom stereocenters. The van der Waals surface area contributed by atoms with Crippen LogP contribution in [0, 0.1) is 0 Å². The van der Waals surface area contributed by atoms with E-state index in [1.165, 1.54) is 0 Å². The molecule has 2 aliphatic rings. The number of hydrogen-bond donors (Lipinski definition) is 1. The predicted octanol–water partition coefficient (Wildman–Crippen LogP) is 1.17. The van der Waals surface area contributed by atoms with E-state index in [1.807, 2.05) is 0 Å². The molecule has 0 radical (unpaired) electrons. The number of aromatic nitrogens is 2. The molecule has 1 aromatic rings. The third kappa shape index (κ3) is 2.34. The van der Waals surface area contributed by atoms with Crippen molar-refractivity contribution in [3.05, 3.63) is 22.7 Å². The molecule has 1 aliphatic carbocycles. The average molecular weight is 235 g/mol. The van der Waals surface area contributed by atoms with Crippen molar-refractivity contribution in [2.75, 3.05) is 18.5 Å². The summed E-state index contributed by atoms with van der Waals surface area (Å²) in [7, 11) is 0. The summed E-state index contributed by atoms with van der Waals surface area (Å²) in [5.74, 6) is 0.468. The van der Waals surface area contributed by atoms with Gasteiger partial charge in [0.15, 0.2) is 5.82 Å². The minimum Gasteiger partial charge on any atom is -0.379 e. The molecule has 1 atom stereocenters. The highest BCUT2D eigenvalue weighted by atomic mass is 16.5. The Morgan fingerprint density at radius 1 is 1.41 bits per heavy atom. The normalized spacial score (nSPS) is 24.6. The van der Waals surface area contributed by atoms with Crippen molar-refractivity contribution in [3.8, 4) is 0 Å². The molecule has 1 saturated heterocycles. The first-order valence-corrected chi connectivity index (χ1v) is 6.26. The van der Waals surface area contributed by atoms with E-state index in [2.05, 4.69) is 10.3 Å². The summed E-state index contributed by atoms with van der Waals surface area (Å²) in [6.45, 7) is 1.49. The third-order valence-electron chi connectivity index (χ3n) is 3.31. The van der Waals surface area contributed by atoms with Crippen LogP contribution < -0.4 is 10.9 Å². The van der Waals surface area contributed by atoms with Gasteiger partial charge >= 0.3 is 0 Å². The number of ether oxygens (including phenoxy) is 1. The molecule has 1 N–H and O–H groups in total. The van der Waals surface area contributed by atoms with Crippen LogP contribution in [0.15, 0.2) is 17.2 Å². The fraction of sp³-hybridized carbons (Fsp3) is 0.667. The molecule has 17 heavy (non-hydrogen) atoms. The molecule has 1 aliphatic heterocycles. The van der Waals surface area contributed by atoms with Gasteiger partial charge < -0.3 is 14.6 Å². The van der Waals surface area contributed by atoms with E-state index in [1.54, 1.807) is 17.0 Å². The van der Waals surface area contributed by atoms with Crippen LogP contribution in [-0.4, -0.2) is 28.8 Å². The van der Waals surface area contributed by atoms with Crippen LogP contribution >= 0.6 is 0 Å². The summed E-state index contributed by atoms with van der Waals surface area (Å²) in [5.41, 5.74) is 0.000531. The van der Waals surface area contributed by atoms with Gasteiger partial charge in [-0.05, 0) is 25.7 Å². The molecule has 1 saturated carbocycles. The third-order valence-corrected chi connectivity index (χ3v) is 3.31. The lowest BCUT2D eigenvalue weighted by Crippen LogP contribution is -2.34. The Morgan fingerprint density at radius 2 is 2.29 bits per heavy atom. The van der Waals surface area contributed by atoms with Gasteiger partial charge in [0.05, 0.1) is 12.6 Å². The highest BCUT2D eigenvalue weighted by molar-refractivity contribution is 5.32. The molecule has 5 heteroatoms. The summed E-state index contributed by atoms with van der Waals surface area (Å²) >= 11 is 0. The predicted molar refractivity (Wildman–Crippen MR) is 64.2 cm³/mol. The molecule has 5 nitrogen and oxygen atoms in total. The zero-order valence-corrected chi connectivity index (χ0v) is 9.76. The zero-order chi connectivity index (χ0) is 11.7. The monoisotopic (exact) mass is 235 g/mol. The van der Waals surface area contributed by atoms with Crippen molar-refractivity contribution in [1.82, 2.24) is 9.55 Å². The Morgan fingerprint density at radius 3 is 3.00 bits per heavy atom. The van der Waals surface area contributed by atoms with Crippen molar-refractivity contribution in [3.63, 3.8) is 0 Å². The van der Waals surface area contributed by atoms with Crippen molar-refractivity contribution >= 4 is 5.82 Å². The largest absolute Gasteiger partial charge is 0.379 e. The zero-order valence-electron chi connectivity index (χ0n) is 9.76. The smallest absolute Gasteiger partial charge is 0.293 e. The average Bonchev–Trinajstić information content (AvgIpc) is 3.17. The molecule has 3 rings (SSSR count). The van der Waals surface area contributed by atoms with Gasteiger partial charge in [0.2, 0.25) is 0 Å². The first kappa shape index (κ1) is 10.8. The molecule has 2 heterocycles. The minimum absolute atomic E-state index is 0.000531. The summed E-state index contributed by atoms with van der Waals surface area (Å²) in [6, 6.07) is 0.618. The molecule has 0 aromatic carbocycles. The maximum absolute atomic E-state index is 12.1. The van der Waals surface area contributed by atoms with E-state index >= 15 is 0 Å². The van der Waals surface area contributed by atoms with Crippen LogP contribution in [-0.2, 0) is 4.74 Å². The van der Waals surface area contributed by atoms with Gasteiger partial charge in [-0.1, -0.05) is 0 Å². The lowest BCUT2D eigenvalue weighted by atomic mass is 10.1. The maximum Gasteiger partial charge on any atom is 0.293 e. The standard InChI is InChI=1S/C12H17N3O2/c16-12-11(14-9-2-1-7-17-8-9)13-5-6-15(12)10-3-4-10/h5-6,9-10H,1-4,7-8H2,(H,13,14). The van der Waals surface area contributed by atoms with Crippen LogP contribution in [0.2, 0.25) is 0 Å². The van der Waals surface area contributed by atoms with E-state index in [4.69, 9.17) is 4.74 Å². The summed E-state index contributed by atoms with van der Waals surface area (Å²) in [4.78, 5) is 16.3. The number of anilines is 1. The van der Waals surface area contributed by atoms with Crippen LogP contribution in [0.25, 0.3) is 0 Å². The molecule has 0 spiro atoms. The molecular weight excluding hydrogens is 218 g/mol. The van der Waals surface area contributed by atoms with E-state index in [0.717, 1.165) is 32.3 Å². The summed E-state index contributed by atoms with van der Waals surface area (Å²) < 4.78 is 7.18. The molecule has 2 fully saturated rings.